The summed E-state index contributed by atoms with van der Waals surface area (Å²) >= 11 is 0. The molecule has 0 aliphatic carbocycles. The van der Waals surface area contributed by atoms with Crippen molar-refractivity contribution in [3.05, 3.63) is 61.1 Å². The molecule has 8 nitrogen and oxygen atoms in total. The van der Waals surface area contributed by atoms with E-state index in [-0.39, 0.29) is 11.8 Å². The van der Waals surface area contributed by atoms with Gasteiger partial charge in [0.1, 0.15) is 0 Å². The smallest absolute Gasteiger partial charge is 0.283 e. The normalized spacial score (nSPS) is 12.0. The number of nitrogens with one attached hydrogen (secondary N) is 1. The van der Waals surface area contributed by atoms with Crippen LogP contribution in [-0.2, 0) is 11.3 Å². The third kappa shape index (κ3) is 3.79. The lowest BCUT2D eigenvalue weighted by Crippen LogP contribution is -2.24. The van der Waals surface area contributed by atoms with E-state index in [0.717, 1.165) is 5.56 Å². The van der Waals surface area contributed by atoms with Crippen LogP contribution in [0.4, 0.5) is 5.69 Å². The summed E-state index contributed by atoms with van der Waals surface area (Å²) in [5, 5.41) is 15.0. The molecule has 0 aliphatic heterocycles. The fourth-order valence-electron chi connectivity index (χ4n) is 2.57. The van der Waals surface area contributed by atoms with Crippen molar-refractivity contribution in [2.24, 2.45) is 5.92 Å². The van der Waals surface area contributed by atoms with Gasteiger partial charge in [0, 0.05) is 23.6 Å². The minimum absolute atomic E-state index is 0.0730. The average Bonchev–Trinajstić information content (AvgIpc) is 3.43. The fraction of sp³-hybridized carbons (Fsp3) is 0.158. The molecule has 27 heavy (non-hydrogen) atoms. The average molecular weight is 363 g/mol. The summed E-state index contributed by atoms with van der Waals surface area (Å²) in [6.45, 7) is 2.38. The summed E-state index contributed by atoms with van der Waals surface area (Å²) in [5.74, 6) is 0.933. The molecule has 1 aromatic carbocycles. The van der Waals surface area contributed by atoms with Crippen LogP contribution in [0, 0.1) is 5.92 Å². The fourth-order valence-corrected chi connectivity index (χ4v) is 2.57. The molecule has 136 valence electrons. The maximum atomic E-state index is 12.3. The first kappa shape index (κ1) is 16.8. The van der Waals surface area contributed by atoms with E-state index in [9.17, 15) is 4.79 Å². The molecule has 4 rings (SSSR count). The van der Waals surface area contributed by atoms with Gasteiger partial charge in [0.25, 0.3) is 5.89 Å². The lowest BCUT2D eigenvalue weighted by Gasteiger charge is -2.12. The molecule has 0 saturated carbocycles. The number of hydrogen-bond acceptors (Lipinski definition) is 6. The predicted octanol–water partition coefficient (Wildman–Crippen LogP) is 3.47. The van der Waals surface area contributed by atoms with E-state index in [0.29, 0.717) is 29.8 Å². The Kier molecular flexibility index (Phi) is 4.52. The lowest BCUT2D eigenvalue weighted by molar-refractivity contribution is -0.119. The molecule has 0 fully saturated rings. The number of amides is 1. The lowest BCUT2D eigenvalue weighted by atomic mass is 10.1. The van der Waals surface area contributed by atoms with Crippen LogP contribution in [0.5, 0.6) is 0 Å². The molecule has 1 N–H and O–H groups in total. The number of carbonyl (C=O) groups excluding carboxylic acids is 1. The second-order valence-electron chi connectivity index (χ2n) is 6.09. The summed E-state index contributed by atoms with van der Waals surface area (Å²) in [6.07, 6.45) is 5.07. The number of rotatable bonds is 6. The van der Waals surface area contributed by atoms with E-state index in [1.165, 1.54) is 0 Å². The highest BCUT2D eigenvalue weighted by molar-refractivity contribution is 5.92. The first-order valence-corrected chi connectivity index (χ1v) is 8.45. The molecule has 0 spiro atoms. The first-order valence-electron chi connectivity index (χ1n) is 8.45. The van der Waals surface area contributed by atoms with E-state index in [2.05, 4.69) is 20.6 Å². The maximum Gasteiger partial charge on any atom is 0.283 e. The summed E-state index contributed by atoms with van der Waals surface area (Å²) in [7, 11) is 0. The van der Waals surface area contributed by atoms with Crippen molar-refractivity contribution >= 4 is 11.6 Å². The zero-order chi connectivity index (χ0) is 18.6. The SMILES string of the molecule is C[C@@H](Cn1cccn1)C(=O)Nc1ccc(-c2nnc(-c3ccco3)o2)cc1. The second kappa shape index (κ2) is 7.28. The van der Waals surface area contributed by atoms with Crippen molar-refractivity contribution in [2.75, 3.05) is 5.32 Å². The zero-order valence-electron chi connectivity index (χ0n) is 14.6. The quantitative estimate of drug-likeness (QED) is 0.563. The summed E-state index contributed by atoms with van der Waals surface area (Å²) in [4.78, 5) is 12.3. The molecule has 1 amide bonds. The Balaban J connectivity index is 1.41. The van der Waals surface area contributed by atoms with Crippen LogP contribution in [0.25, 0.3) is 23.1 Å². The molecular formula is C19H17N5O3. The topological polar surface area (TPSA) is 99.0 Å². The van der Waals surface area contributed by atoms with Gasteiger partial charge in [-0.1, -0.05) is 6.92 Å². The van der Waals surface area contributed by atoms with Crippen molar-refractivity contribution in [2.45, 2.75) is 13.5 Å². The Morgan fingerprint density at radius 3 is 2.67 bits per heavy atom. The monoisotopic (exact) mass is 363 g/mol. The molecule has 0 unspecified atom stereocenters. The van der Waals surface area contributed by atoms with E-state index in [1.807, 2.05) is 31.3 Å². The van der Waals surface area contributed by atoms with E-state index >= 15 is 0 Å². The Hall–Kier alpha value is -3.68. The second-order valence-corrected chi connectivity index (χ2v) is 6.09. The molecule has 8 heteroatoms. The third-order valence-electron chi connectivity index (χ3n) is 4.02. The highest BCUT2D eigenvalue weighted by atomic mass is 16.4. The predicted molar refractivity (Wildman–Crippen MR) is 97.5 cm³/mol. The van der Waals surface area contributed by atoms with Crippen LogP contribution in [-0.4, -0.2) is 25.9 Å². The molecule has 0 aliphatic rings. The largest absolute Gasteiger partial charge is 0.459 e. The Morgan fingerprint density at radius 1 is 1.15 bits per heavy atom. The van der Waals surface area contributed by atoms with Crippen LogP contribution in [0.3, 0.4) is 0 Å². The Morgan fingerprint density at radius 2 is 1.96 bits per heavy atom. The molecule has 3 aromatic heterocycles. The molecular weight excluding hydrogens is 346 g/mol. The highest BCUT2D eigenvalue weighted by Crippen LogP contribution is 2.25. The highest BCUT2D eigenvalue weighted by Gasteiger charge is 2.15. The van der Waals surface area contributed by atoms with Crippen molar-refractivity contribution in [1.29, 1.82) is 0 Å². The number of benzene rings is 1. The minimum atomic E-state index is -0.212. The molecule has 0 saturated heterocycles. The van der Waals surface area contributed by atoms with Crippen LogP contribution in [0.1, 0.15) is 6.92 Å². The number of furan rings is 1. The van der Waals surface area contributed by atoms with Crippen molar-refractivity contribution in [1.82, 2.24) is 20.0 Å². The van der Waals surface area contributed by atoms with Gasteiger partial charge in [0.05, 0.1) is 18.7 Å². The maximum absolute atomic E-state index is 12.3. The van der Waals surface area contributed by atoms with E-state index in [1.54, 1.807) is 41.4 Å². The van der Waals surface area contributed by atoms with Crippen molar-refractivity contribution in [3.63, 3.8) is 0 Å². The van der Waals surface area contributed by atoms with Crippen LogP contribution < -0.4 is 5.32 Å². The standard InChI is InChI=1S/C19H17N5O3/c1-13(12-24-10-3-9-20-24)17(25)21-15-7-5-14(6-8-15)18-22-23-19(27-18)16-4-2-11-26-16/h2-11,13H,12H2,1H3,(H,21,25)/t13-/m0/s1. The van der Waals surface area contributed by atoms with Crippen molar-refractivity contribution < 1.29 is 13.6 Å². The summed E-state index contributed by atoms with van der Waals surface area (Å²) in [6, 6.07) is 12.6. The van der Waals surface area contributed by atoms with Crippen LogP contribution >= 0.6 is 0 Å². The van der Waals surface area contributed by atoms with Crippen LogP contribution in [0.2, 0.25) is 0 Å². The number of aromatic nitrogens is 4. The van der Waals surface area contributed by atoms with Gasteiger partial charge in [-0.15, -0.1) is 10.2 Å². The Labute approximate surface area is 154 Å². The first-order chi connectivity index (χ1) is 13.2. The van der Waals surface area contributed by atoms with Crippen molar-refractivity contribution in [3.8, 4) is 23.1 Å². The molecule has 4 aromatic rings. The van der Waals surface area contributed by atoms with Gasteiger partial charge >= 0.3 is 0 Å². The number of hydrogen-bond donors (Lipinski definition) is 1. The van der Waals surface area contributed by atoms with E-state index in [4.69, 9.17) is 8.83 Å². The molecule has 0 bridgehead atoms. The van der Waals surface area contributed by atoms with Crippen LogP contribution in [0.15, 0.2) is 70.0 Å². The minimum Gasteiger partial charge on any atom is -0.459 e. The van der Waals surface area contributed by atoms with E-state index < -0.39 is 0 Å². The van der Waals surface area contributed by atoms with Gasteiger partial charge in [-0.05, 0) is 42.5 Å². The van der Waals surface area contributed by atoms with Gasteiger partial charge in [-0.3, -0.25) is 9.48 Å². The number of carbonyl (C=O) groups is 1. The third-order valence-corrected chi connectivity index (χ3v) is 4.02. The molecule has 0 radical (unpaired) electrons. The molecule has 1 atom stereocenters. The van der Waals surface area contributed by atoms with Gasteiger partial charge in [0.2, 0.25) is 11.8 Å². The van der Waals surface area contributed by atoms with Gasteiger partial charge in [-0.2, -0.15) is 5.10 Å². The summed E-state index contributed by atoms with van der Waals surface area (Å²) < 4.78 is 12.6. The molecule has 3 heterocycles. The van der Waals surface area contributed by atoms with Gasteiger partial charge in [0.15, 0.2) is 5.76 Å². The number of anilines is 1. The summed E-state index contributed by atoms with van der Waals surface area (Å²) in [5.41, 5.74) is 1.45. The van der Waals surface area contributed by atoms with Gasteiger partial charge in [-0.25, -0.2) is 0 Å². The zero-order valence-corrected chi connectivity index (χ0v) is 14.6. The number of nitrogens with zero attached hydrogens (tertiary/aromatic N) is 4. The Bertz CT molecular complexity index is 1000. The van der Waals surface area contributed by atoms with Gasteiger partial charge < -0.3 is 14.2 Å².